The predicted molar refractivity (Wildman–Crippen MR) is 62.1 cm³/mol. The second-order valence-electron chi connectivity index (χ2n) is 4.25. The molecule has 3 nitrogen and oxygen atoms in total. The van der Waals surface area contributed by atoms with E-state index in [0.29, 0.717) is 6.04 Å². The first-order valence-corrected chi connectivity index (χ1v) is 5.60. The molecule has 1 unspecified atom stereocenters. The molecule has 3 rings (SSSR count). The summed E-state index contributed by atoms with van der Waals surface area (Å²) in [5.41, 5.74) is 5.08. The Kier molecular flexibility index (Phi) is 2.26. The fraction of sp³-hybridized carbons (Fsp3) is 0.308. The maximum Gasteiger partial charge on any atom is 0.131 e. The minimum absolute atomic E-state index is 0.459. The van der Waals surface area contributed by atoms with Crippen LogP contribution in [0.1, 0.15) is 24.1 Å². The molecule has 0 aliphatic carbocycles. The molecular formula is C13H14N2O. The highest BCUT2D eigenvalue weighted by Crippen LogP contribution is 2.27. The lowest BCUT2D eigenvalue weighted by atomic mass is 9.92. The van der Waals surface area contributed by atoms with Crippen LogP contribution in [-0.2, 0) is 6.42 Å². The lowest BCUT2D eigenvalue weighted by molar-refractivity contribution is 0.420. The van der Waals surface area contributed by atoms with Crippen molar-refractivity contribution in [1.82, 2.24) is 10.5 Å². The summed E-state index contributed by atoms with van der Waals surface area (Å²) in [6, 6.07) is 7.04. The first-order chi connectivity index (χ1) is 7.84. The van der Waals surface area contributed by atoms with E-state index in [9.17, 15) is 0 Å². The van der Waals surface area contributed by atoms with Crippen LogP contribution < -0.4 is 5.32 Å². The van der Waals surface area contributed by atoms with E-state index < -0.39 is 0 Å². The Morgan fingerprint density at radius 2 is 2.31 bits per heavy atom. The van der Waals surface area contributed by atoms with Crippen LogP contribution in [0.4, 0.5) is 0 Å². The van der Waals surface area contributed by atoms with Crippen molar-refractivity contribution in [2.24, 2.45) is 0 Å². The molecule has 1 aliphatic heterocycles. The topological polar surface area (TPSA) is 38.1 Å². The average Bonchev–Trinajstić information content (AvgIpc) is 2.82. The van der Waals surface area contributed by atoms with Crippen LogP contribution in [-0.4, -0.2) is 11.7 Å². The maximum atomic E-state index is 4.87. The molecule has 1 aromatic carbocycles. The fourth-order valence-corrected chi connectivity index (χ4v) is 2.30. The van der Waals surface area contributed by atoms with Gasteiger partial charge in [0, 0.05) is 11.6 Å². The largest absolute Gasteiger partial charge is 0.364 e. The van der Waals surface area contributed by atoms with Gasteiger partial charge >= 0.3 is 0 Å². The molecule has 82 valence electrons. The molecule has 2 aromatic rings. The summed E-state index contributed by atoms with van der Waals surface area (Å²) in [7, 11) is 0. The fourth-order valence-electron chi connectivity index (χ4n) is 2.30. The van der Waals surface area contributed by atoms with Gasteiger partial charge in [0.1, 0.15) is 6.26 Å². The smallest absolute Gasteiger partial charge is 0.131 e. The molecule has 1 N–H and O–H groups in total. The van der Waals surface area contributed by atoms with Gasteiger partial charge in [-0.25, -0.2) is 0 Å². The van der Waals surface area contributed by atoms with Gasteiger partial charge in [-0.2, -0.15) is 0 Å². The summed E-state index contributed by atoms with van der Waals surface area (Å²) in [4.78, 5) is 0. The van der Waals surface area contributed by atoms with Gasteiger partial charge in [0.25, 0.3) is 0 Å². The van der Waals surface area contributed by atoms with E-state index in [1.54, 1.807) is 12.5 Å². The normalized spacial score (nSPS) is 19.4. The molecule has 0 amide bonds. The summed E-state index contributed by atoms with van der Waals surface area (Å²) in [6.07, 6.45) is 4.54. The standard InChI is InChI=1S/C13H14N2O/c1-9-13-3-2-10(12-7-15-16-8-12)6-11(13)4-5-14-9/h2-3,6-9,14H,4-5H2,1H3. The number of hydrogen-bond donors (Lipinski definition) is 1. The Hall–Kier alpha value is -1.61. The average molecular weight is 214 g/mol. The summed E-state index contributed by atoms with van der Waals surface area (Å²) in [5, 5.41) is 7.20. The highest BCUT2D eigenvalue weighted by atomic mass is 16.5. The first kappa shape index (κ1) is 9.60. The van der Waals surface area contributed by atoms with E-state index >= 15 is 0 Å². The summed E-state index contributed by atoms with van der Waals surface area (Å²) < 4.78 is 4.87. The Labute approximate surface area is 94.5 Å². The van der Waals surface area contributed by atoms with Crippen molar-refractivity contribution in [2.45, 2.75) is 19.4 Å². The van der Waals surface area contributed by atoms with Crippen molar-refractivity contribution < 1.29 is 4.52 Å². The maximum absolute atomic E-state index is 4.87. The highest BCUT2D eigenvalue weighted by Gasteiger charge is 2.16. The van der Waals surface area contributed by atoms with Crippen molar-refractivity contribution >= 4 is 0 Å². The lowest BCUT2D eigenvalue weighted by Gasteiger charge is -2.24. The van der Waals surface area contributed by atoms with E-state index in [0.717, 1.165) is 18.5 Å². The molecule has 2 heterocycles. The quantitative estimate of drug-likeness (QED) is 0.792. The molecule has 0 bridgehead atoms. The number of rotatable bonds is 1. The Balaban J connectivity index is 2.05. The monoisotopic (exact) mass is 214 g/mol. The lowest BCUT2D eigenvalue weighted by Crippen LogP contribution is -2.27. The van der Waals surface area contributed by atoms with Gasteiger partial charge in [0.15, 0.2) is 0 Å². The summed E-state index contributed by atoms with van der Waals surface area (Å²) in [5.74, 6) is 0. The SMILES string of the molecule is CC1NCCc2cc(-c3cnoc3)ccc21. The van der Waals surface area contributed by atoms with Gasteiger partial charge in [-0.05, 0) is 36.6 Å². The number of benzene rings is 1. The van der Waals surface area contributed by atoms with Crippen LogP contribution in [0.3, 0.4) is 0 Å². The minimum atomic E-state index is 0.459. The van der Waals surface area contributed by atoms with Crippen LogP contribution in [0.5, 0.6) is 0 Å². The van der Waals surface area contributed by atoms with Crippen LogP contribution in [0.2, 0.25) is 0 Å². The molecule has 0 saturated heterocycles. The molecule has 3 heteroatoms. The van der Waals surface area contributed by atoms with Crippen LogP contribution in [0, 0.1) is 0 Å². The third kappa shape index (κ3) is 1.53. The van der Waals surface area contributed by atoms with Gasteiger partial charge in [-0.15, -0.1) is 0 Å². The molecule has 0 saturated carbocycles. The zero-order valence-corrected chi connectivity index (χ0v) is 9.23. The van der Waals surface area contributed by atoms with Crippen molar-refractivity contribution in [3.63, 3.8) is 0 Å². The van der Waals surface area contributed by atoms with Crippen molar-refractivity contribution in [2.75, 3.05) is 6.54 Å². The van der Waals surface area contributed by atoms with Crippen LogP contribution >= 0.6 is 0 Å². The van der Waals surface area contributed by atoms with Crippen LogP contribution in [0.25, 0.3) is 11.1 Å². The van der Waals surface area contributed by atoms with Crippen molar-refractivity contribution in [3.05, 3.63) is 41.8 Å². The molecule has 0 spiro atoms. The second-order valence-corrected chi connectivity index (χ2v) is 4.25. The summed E-state index contributed by atoms with van der Waals surface area (Å²) in [6.45, 7) is 3.26. The zero-order valence-electron chi connectivity index (χ0n) is 9.23. The zero-order chi connectivity index (χ0) is 11.0. The van der Waals surface area contributed by atoms with E-state index in [1.165, 1.54) is 16.7 Å². The van der Waals surface area contributed by atoms with Gasteiger partial charge in [-0.3, -0.25) is 0 Å². The van der Waals surface area contributed by atoms with Gasteiger partial charge in [-0.1, -0.05) is 23.4 Å². The first-order valence-electron chi connectivity index (χ1n) is 5.60. The van der Waals surface area contributed by atoms with E-state index in [2.05, 4.69) is 35.6 Å². The number of hydrogen-bond acceptors (Lipinski definition) is 3. The predicted octanol–water partition coefficient (Wildman–Crippen LogP) is 2.55. The van der Waals surface area contributed by atoms with Crippen molar-refractivity contribution in [3.8, 4) is 11.1 Å². The molecule has 0 fully saturated rings. The van der Waals surface area contributed by atoms with Gasteiger partial charge in [0.2, 0.25) is 0 Å². The third-order valence-corrected chi connectivity index (χ3v) is 3.22. The van der Waals surface area contributed by atoms with Crippen LogP contribution in [0.15, 0.2) is 35.2 Å². The molecule has 0 radical (unpaired) electrons. The third-order valence-electron chi connectivity index (χ3n) is 3.22. The molecule has 1 aliphatic rings. The number of nitrogens with one attached hydrogen (secondary N) is 1. The van der Waals surface area contributed by atoms with E-state index in [4.69, 9.17) is 4.52 Å². The number of fused-ring (bicyclic) bond motifs is 1. The summed E-state index contributed by atoms with van der Waals surface area (Å²) >= 11 is 0. The van der Waals surface area contributed by atoms with E-state index in [1.807, 2.05) is 0 Å². The number of nitrogens with zero attached hydrogens (tertiary/aromatic N) is 1. The van der Waals surface area contributed by atoms with Gasteiger partial charge in [0.05, 0.1) is 6.20 Å². The number of aromatic nitrogens is 1. The second kappa shape index (κ2) is 3.76. The van der Waals surface area contributed by atoms with Crippen molar-refractivity contribution in [1.29, 1.82) is 0 Å². The highest BCUT2D eigenvalue weighted by molar-refractivity contribution is 5.63. The molecular weight excluding hydrogens is 200 g/mol. The Bertz CT molecular complexity index is 491. The Morgan fingerprint density at radius 3 is 3.12 bits per heavy atom. The molecule has 16 heavy (non-hydrogen) atoms. The Morgan fingerprint density at radius 1 is 1.38 bits per heavy atom. The molecule has 1 aromatic heterocycles. The van der Waals surface area contributed by atoms with Gasteiger partial charge < -0.3 is 9.84 Å². The van der Waals surface area contributed by atoms with E-state index in [-0.39, 0.29) is 0 Å². The molecule has 1 atom stereocenters. The minimum Gasteiger partial charge on any atom is -0.364 e.